The highest BCUT2D eigenvalue weighted by atomic mass is 35.5. The molecule has 0 aromatic heterocycles. The first-order valence-corrected chi connectivity index (χ1v) is 6.28. The molecule has 0 saturated carbocycles. The summed E-state index contributed by atoms with van der Waals surface area (Å²) in [6.45, 7) is 1.28. The van der Waals surface area contributed by atoms with Crippen LogP contribution in [0.3, 0.4) is 0 Å². The van der Waals surface area contributed by atoms with E-state index in [9.17, 15) is 9.59 Å². The molecule has 0 aliphatic rings. The lowest BCUT2D eigenvalue weighted by molar-refractivity contribution is -0.131. The van der Waals surface area contributed by atoms with Crippen molar-refractivity contribution in [1.29, 1.82) is 0 Å². The molecule has 2 aromatic rings. The summed E-state index contributed by atoms with van der Waals surface area (Å²) in [5.41, 5.74) is 0.850. The molecule has 2 rings (SSSR count). The van der Waals surface area contributed by atoms with Gasteiger partial charge in [0.05, 0.1) is 5.56 Å². The first-order valence-electron chi connectivity index (χ1n) is 5.90. The molecule has 0 aliphatic heterocycles. The Bertz CT molecular complexity index is 655. The summed E-state index contributed by atoms with van der Waals surface area (Å²) in [6, 6.07) is 13.3. The molecule has 1 amide bonds. The molecule has 102 valence electrons. The zero-order valence-electron chi connectivity index (χ0n) is 10.7. The summed E-state index contributed by atoms with van der Waals surface area (Å²) in [5.74, 6) is -0.628. The van der Waals surface area contributed by atoms with Crippen LogP contribution in [0.15, 0.2) is 48.5 Å². The number of nitrogens with one attached hydrogen (secondary N) is 1. The topological polar surface area (TPSA) is 55.4 Å². The van der Waals surface area contributed by atoms with Gasteiger partial charge in [0.25, 0.3) is 5.91 Å². The molecule has 0 unspecified atom stereocenters. The third-order valence-electron chi connectivity index (χ3n) is 2.47. The lowest BCUT2D eigenvalue weighted by Crippen LogP contribution is -2.14. The molecule has 20 heavy (non-hydrogen) atoms. The van der Waals surface area contributed by atoms with Gasteiger partial charge in [0.15, 0.2) is 0 Å². The van der Waals surface area contributed by atoms with E-state index in [0.29, 0.717) is 10.7 Å². The van der Waals surface area contributed by atoms with Crippen molar-refractivity contribution in [3.8, 4) is 5.75 Å². The van der Waals surface area contributed by atoms with Crippen molar-refractivity contribution in [3.63, 3.8) is 0 Å². The van der Waals surface area contributed by atoms with Crippen LogP contribution in [0.5, 0.6) is 5.75 Å². The van der Waals surface area contributed by atoms with Gasteiger partial charge in [0.1, 0.15) is 5.75 Å². The second-order valence-corrected chi connectivity index (χ2v) is 4.49. The summed E-state index contributed by atoms with van der Waals surface area (Å²) in [5, 5.41) is 3.22. The van der Waals surface area contributed by atoms with Gasteiger partial charge in [-0.2, -0.15) is 0 Å². The summed E-state index contributed by atoms with van der Waals surface area (Å²) in [4.78, 5) is 23.2. The lowest BCUT2D eigenvalue weighted by Gasteiger charge is -2.09. The first-order chi connectivity index (χ1) is 9.56. The number of hydrogen-bond acceptors (Lipinski definition) is 3. The van der Waals surface area contributed by atoms with Crippen LogP contribution in [-0.4, -0.2) is 11.9 Å². The minimum Gasteiger partial charge on any atom is -0.426 e. The monoisotopic (exact) mass is 289 g/mol. The fourth-order valence-electron chi connectivity index (χ4n) is 1.66. The van der Waals surface area contributed by atoms with E-state index in [1.54, 1.807) is 48.5 Å². The smallest absolute Gasteiger partial charge is 0.308 e. The van der Waals surface area contributed by atoms with E-state index in [2.05, 4.69) is 5.32 Å². The van der Waals surface area contributed by atoms with Gasteiger partial charge in [-0.3, -0.25) is 9.59 Å². The number of esters is 1. The SMILES string of the molecule is CC(=O)Oc1ccccc1C(=O)Nc1cccc(Cl)c1. The Morgan fingerprint density at radius 3 is 2.55 bits per heavy atom. The highest BCUT2D eigenvalue weighted by molar-refractivity contribution is 6.31. The number of ether oxygens (including phenoxy) is 1. The first kappa shape index (κ1) is 14.1. The maximum absolute atomic E-state index is 12.2. The number of amides is 1. The molecule has 0 fully saturated rings. The predicted molar refractivity (Wildman–Crippen MR) is 77.2 cm³/mol. The Labute approximate surface area is 121 Å². The molecule has 0 saturated heterocycles. The molecule has 0 aliphatic carbocycles. The lowest BCUT2D eigenvalue weighted by atomic mass is 10.2. The van der Waals surface area contributed by atoms with E-state index in [-0.39, 0.29) is 17.2 Å². The second kappa shape index (κ2) is 6.21. The molecule has 4 nitrogen and oxygen atoms in total. The number of rotatable bonds is 3. The van der Waals surface area contributed by atoms with E-state index >= 15 is 0 Å². The van der Waals surface area contributed by atoms with Gasteiger partial charge in [0.2, 0.25) is 0 Å². The number of halogens is 1. The largest absolute Gasteiger partial charge is 0.426 e. The summed E-state index contributed by atoms with van der Waals surface area (Å²) in [7, 11) is 0. The number of hydrogen-bond donors (Lipinski definition) is 1. The molecular formula is C15H12ClNO3. The normalized spacial score (nSPS) is 9.90. The second-order valence-electron chi connectivity index (χ2n) is 4.05. The number of para-hydroxylation sites is 1. The van der Waals surface area contributed by atoms with Crippen LogP contribution < -0.4 is 10.1 Å². The van der Waals surface area contributed by atoms with Crippen LogP contribution in [0.4, 0.5) is 5.69 Å². The third kappa shape index (κ3) is 3.59. The van der Waals surface area contributed by atoms with Gasteiger partial charge in [0, 0.05) is 17.6 Å². The van der Waals surface area contributed by atoms with Crippen molar-refractivity contribution in [3.05, 3.63) is 59.1 Å². The van der Waals surface area contributed by atoms with Crippen molar-refractivity contribution in [1.82, 2.24) is 0 Å². The highest BCUT2D eigenvalue weighted by Gasteiger charge is 2.13. The number of carbonyl (C=O) groups excluding carboxylic acids is 2. The minimum absolute atomic E-state index is 0.222. The van der Waals surface area contributed by atoms with Crippen LogP contribution in [0.25, 0.3) is 0 Å². The minimum atomic E-state index is -0.479. The van der Waals surface area contributed by atoms with Crippen molar-refractivity contribution in [2.24, 2.45) is 0 Å². The van der Waals surface area contributed by atoms with E-state index in [1.165, 1.54) is 6.92 Å². The molecule has 0 heterocycles. The van der Waals surface area contributed by atoms with Crippen LogP contribution in [0.2, 0.25) is 5.02 Å². The van der Waals surface area contributed by atoms with Gasteiger partial charge in [-0.1, -0.05) is 29.8 Å². The van der Waals surface area contributed by atoms with E-state index in [1.807, 2.05) is 0 Å². The van der Waals surface area contributed by atoms with Crippen LogP contribution >= 0.6 is 11.6 Å². The van der Waals surface area contributed by atoms with Gasteiger partial charge in [-0.25, -0.2) is 0 Å². The molecule has 5 heteroatoms. The van der Waals surface area contributed by atoms with Crippen LogP contribution in [-0.2, 0) is 4.79 Å². The van der Waals surface area contributed by atoms with Crippen LogP contribution in [0, 0.1) is 0 Å². The van der Waals surface area contributed by atoms with Gasteiger partial charge < -0.3 is 10.1 Å². The standard InChI is InChI=1S/C15H12ClNO3/c1-10(18)20-14-8-3-2-7-13(14)15(19)17-12-6-4-5-11(16)9-12/h2-9H,1H3,(H,17,19). The Morgan fingerprint density at radius 2 is 1.85 bits per heavy atom. The molecule has 0 radical (unpaired) electrons. The Hall–Kier alpha value is -2.33. The summed E-state index contributed by atoms with van der Waals surface area (Å²) < 4.78 is 5.00. The molecule has 2 aromatic carbocycles. The number of benzene rings is 2. The average molecular weight is 290 g/mol. The Morgan fingerprint density at radius 1 is 1.10 bits per heavy atom. The fraction of sp³-hybridized carbons (Fsp3) is 0.0667. The van der Waals surface area contributed by atoms with Crippen molar-refractivity contribution < 1.29 is 14.3 Å². The average Bonchev–Trinajstić information content (AvgIpc) is 2.38. The molecule has 0 bridgehead atoms. The van der Waals surface area contributed by atoms with Crippen LogP contribution in [0.1, 0.15) is 17.3 Å². The Kier molecular flexibility index (Phi) is 4.38. The number of carbonyl (C=O) groups is 2. The van der Waals surface area contributed by atoms with E-state index < -0.39 is 5.97 Å². The van der Waals surface area contributed by atoms with E-state index in [0.717, 1.165) is 0 Å². The molecule has 0 atom stereocenters. The predicted octanol–water partition coefficient (Wildman–Crippen LogP) is 3.52. The van der Waals surface area contributed by atoms with Crippen molar-refractivity contribution in [2.45, 2.75) is 6.92 Å². The number of anilines is 1. The summed E-state index contributed by atoms with van der Waals surface area (Å²) in [6.07, 6.45) is 0. The fourth-order valence-corrected chi connectivity index (χ4v) is 1.85. The van der Waals surface area contributed by atoms with Gasteiger partial charge >= 0.3 is 5.97 Å². The summed E-state index contributed by atoms with van der Waals surface area (Å²) >= 11 is 5.85. The molecule has 1 N–H and O–H groups in total. The quantitative estimate of drug-likeness (QED) is 0.695. The van der Waals surface area contributed by atoms with Crippen molar-refractivity contribution in [2.75, 3.05) is 5.32 Å². The maximum Gasteiger partial charge on any atom is 0.308 e. The third-order valence-corrected chi connectivity index (χ3v) is 2.70. The van der Waals surface area contributed by atoms with E-state index in [4.69, 9.17) is 16.3 Å². The van der Waals surface area contributed by atoms with Gasteiger partial charge in [-0.15, -0.1) is 0 Å². The highest BCUT2D eigenvalue weighted by Crippen LogP contribution is 2.21. The van der Waals surface area contributed by atoms with Gasteiger partial charge in [-0.05, 0) is 30.3 Å². The Balaban J connectivity index is 2.23. The molecular weight excluding hydrogens is 278 g/mol. The zero-order chi connectivity index (χ0) is 14.5. The molecule has 0 spiro atoms. The zero-order valence-corrected chi connectivity index (χ0v) is 11.5. The van der Waals surface area contributed by atoms with Crippen molar-refractivity contribution >= 4 is 29.2 Å². The maximum atomic E-state index is 12.2.